The van der Waals surface area contributed by atoms with E-state index < -0.39 is 11.9 Å². The van der Waals surface area contributed by atoms with Gasteiger partial charge in [-0.2, -0.15) is 0 Å². The Bertz CT molecular complexity index is 1270. The molecule has 0 aliphatic carbocycles. The zero-order valence-electron chi connectivity index (χ0n) is 17.4. The van der Waals surface area contributed by atoms with Gasteiger partial charge in [0.25, 0.3) is 0 Å². The first-order valence-corrected chi connectivity index (χ1v) is 10.6. The summed E-state index contributed by atoms with van der Waals surface area (Å²) in [4.78, 5) is 28.2. The number of carboxylic acid groups (broad SMARTS) is 1. The van der Waals surface area contributed by atoms with Crippen LogP contribution in [0.5, 0.6) is 11.5 Å². The predicted molar refractivity (Wildman–Crippen MR) is 125 cm³/mol. The van der Waals surface area contributed by atoms with Crippen molar-refractivity contribution in [2.45, 2.75) is 6.61 Å². The molecule has 1 aliphatic heterocycles. The highest BCUT2D eigenvalue weighted by Gasteiger charge is 2.27. The maximum Gasteiger partial charge on any atom is 0.368 e. The number of nitrogens with zero attached hydrogens (tertiary/aromatic N) is 1. The molecule has 1 heterocycles. The van der Waals surface area contributed by atoms with Gasteiger partial charge in [0, 0.05) is 5.56 Å². The average Bonchev–Trinajstić information content (AvgIpc) is 3.18. The topological polar surface area (TPSA) is 94.4 Å². The molecule has 7 nitrogen and oxygen atoms in total. The fraction of sp³-hybridized carbons (Fsp3) is 0.0800. The van der Waals surface area contributed by atoms with Crippen molar-refractivity contribution in [2.24, 2.45) is 5.16 Å². The lowest BCUT2D eigenvalue weighted by molar-refractivity contribution is -0.136. The number of hydrogen-bond acceptors (Lipinski definition) is 6. The van der Waals surface area contributed by atoms with Gasteiger partial charge in [-0.15, -0.1) is 0 Å². The molecule has 0 bridgehead atoms. The minimum atomic E-state index is -0.983. The summed E-state index contributed by atoms with van der Waals surface area (Å²) in [6.45, 7) is 0.215. The van der Waals surface area contributed by atoms with Gasteiger partial charge in [0.05, 0.1) is 22.7 Å². The molecule has 33 heavy (non-hydrogen) atoms. The van der Waals surface area contributed by atoms with Crippen molar-refractivity contribution in [1.82, 2.24) is 0 Å². The van der Waals surface area contributed by atoms with Gasteiger partial charge in [-0.3, -0.25) is 0 Å². The number of carbonyl (C=O) groups excluding carboxylic acids is 1. The minimum Gasteiger partial charge on any atom is -0.493 e. The third-order valence-electron chi connectivity index (χ3n) is 4.89. The summed E-state index contributed by atoms with van der Waals surface area (Å²) in [6, 6.07) is 19.3. The first kappa shape index (κ1) is 22.3. The van der Waals surface area contributed by atoms with Gasteiger partial charge < -0.3 is 19.4 Å². The minimum absolute atomic E-state index is 0.207. The molecule has 1 N–H and O–H groups in total. The Morgan fingerprint density at radius 3 is 2.52 bits per heavy atom. The lowest BCUT2D eigenvalue weighted by atomic mass is 10.0. The fourth-order valence-electron chi connectivity index (χ4n) is 3.24. The van der Waals surface area contributed by atoms with E-state index in [1.54, 1.807) is 30.3 Å². The number of rotatable bonds is 7. The van der Waals surface area contributed by atoms with E-state index in [1.807, 2.05) is 30.3 Å². The van der Waals surface area contributed by atoms with Crippen LogP contribution in [0.4, 0.5) is 0 Å². The first-order valence-electron chi connectivity index (χ1n) is 9.85. The number of benzene rings is 3. The third-order valence-corrected chi connectivity index (χ3v) is 5.48. The van der Waals surface area contributed by atoms with Crippen LogP contribution in [0.1, 0.15) is 27.0 Å². The molecule has 0 saturated carbocycles. The van der Waals surface area contributed by atoms with E-state index in [1.165, 1.54) is 19.2 Å². The summed E-state index contributed by atoms with van der Waals surface area (Å²) < 4.78 is 12.1. The standard InChI is InChI=1S/C25H18BrNO6/c1-31-21-13-16(11-19-22(27-33-25(19)30)17-5-3-2-4-6-17)12-20(26)23(21)32-14-15-7-9-18(10-8-15)24(28)29/h2-13H,14H2,1H3,(H,28,29)/b19-11-. The highest BCUT2D eigenvalue weighted by atomic mass is 79.9. The molecule has 0 aromatic heterocycles. The predicted octanol–water partition coefficient (Wildman–Crippen LogP) is 5.08. The Morgan fingerprint density at radius 2 is 1.85 bits per heavy atom. The van der Waals surface area contributed by atoms with Crippen LogP contribution < -0.4 is 9.47 Å². The second kappa shape index (κ2) is 9.70. The van der Waals surface area contributed by atoms with E-state index in [0.29, 0.717) is 32.8 Å². The summed E-state index contributed by atoms with van der Waals surface area (Å²) in [5.74, 6) is -0.576. The molecule has 0 amide bonds. The maximum absolute atomic E-state index is 12.3. The second-order valence-corrected chi connectivity index (χ2v) is 7.92. The zero-order chi connectivity index (χ0) is 23.4. The van der Waals surface area contributed by atoms with Crippen LogP contribution in [0.2, 0.25) is 0 Å². The summed E-state index contributed by atoms with van der Waals surface area (Å²) in [6.07, 6.45) is 1.68. The molecule has 0 saturated heterocycles. The van der Waals surface area contributed by atoms with Crippen molar-refractivity contribution >= 4 is 39.7 Å². The number of methoxy groups -OCH3 is 1. The lowest BCUT2D eigenvalue weighted by Gasteiger charge is -2.14. The van der Waals surface area contributed by atoms with E-state index in [-0.39, 0.29) is 12.2 Å². The van der Waals surface area contributed by atoms with Crippen LogP contribution in [0.15, 0.2) is 81.9 Å². The van der Waals surface area contributed by atoms with Crippen LogP contribution in [0, 0.1) is 0 Å². The third kappa shape index (κ3) is 4.96. The van der Waals surface area contributed by atoms with Gasteiger partial charge >= 0.3 is 11.9 Å². The molecule has 3 aromatic rings. The zero-order valence-corrected chi connectivity index (χ0v) is 19.0. The number of aromatic carboxylic acids is 1. The smallest absolute Gasteiger partial charge is 0.368 e. The van der Waals surface area contributed by atoms with Gasteiger partial charge in [-0.1, -0.05) is 47.6 Å². The molecule has 0 fully saturated rings. The molecular formula is C25H18BrNO6. The molecule has 8 heteroatoms. The van der Waals surface area contributed by atoms with Gasteiger partial charge in [-0.25, -0.2) is 9.59 Å². The van der Waals surface area contributed by atoms with E-state index in [9.17, 15) is 9.59 Å². The van der Waals surface area contributed by atoms with Crippen LogP contribution >= 0.6 is 15.9 Å². The second-order valence-electron chi connectivity index (χ2n) is 7.07. The SMILES string of the molecule is COc1cc(/C=C2\C(=O)ON=C2c2ccccc2)cc(Br)c1OCc1ccc(C(=O)O)cc1. The molecule has 4 rings (SSSR count). The van der Waals surface area contributed by atoms with Crippen LogP contribution in [-0.4, -0.2) is 29.9 Å². The van der Waals surface area contributed by atoms with Crippen molar-refractivity contribution < 1.29 is 29.0 Å². The lowest BCUT2D eigenvalue weighted by Crippen LogP contribution is -2.06. The van der Waals surface area contributed by atoms with Gasteiger partial charge in [-0.05, 0) is 57.4 Å². The van der Waals surface area contributed by atoms with Gasteiger partial charge in [0.1, 0.15) is 12.3 Å². The fourth-order valence-corrected chi connectivity index (χ4v) is 3.82. The Hall–Kier alpha value is -3.91. The summed E-state index contributed by atoms with van der Waals surface area (Å²) in [5, 5.41) is 12.9. The Morgan fingerprint density at radius 1 is 1.12 bits per heavy atom. The maximum atomic E-state index is 12.3. The Kier molecular flexibility index (Phi) is 6.55. The number of halogens is 1. The van der Waals surface area contributed by atoms with E-state index >= 15 is 0 Å². The van der Waals surface area contributed by atoms with E-state index in [4.69, 9.17) is 19.4 Å². The van der Waals surface area contributed by atoms with Crippen molar-refractivity contribution in [3.05, 3.63) is 99.0 Å². The van der Waals surface area contributed by atoms with Crippen LogP contribution in [0.3, 0.4) is 0 Å². The summed E-state index contributed by atoms with van der Waals surface area (Å²) >= 11 is 3.51. The molecule has 0 atom stereocenters. The number of ether oxygens (including phenoxy) is 2. The molecule has 1 aliphatic rings. The number of hydrogen-bond donors (Lipinski definition) is 1. The molecule has 0 spiro atoms. The molecule has 0 unspecified atom stereocenters. The van der Waals surface area contributed by atoms with Gasteiger partial charge in [0.2, 0.25) is 0 Å². The molecule has 166 valence electrons. The van der Waals surface area contributed by atoms with Crippen molar-refractivity contribution in [3.63, 3.8) is 0 Å². The van der Waals surface area contributed by atoms with E-state index in [2.05, 4.69) is 21.1 Å². The molecule has 0 radical (unpaired) electrons. The molecule has 3 aromatic carbocycles. The normalized spacial score (nSPS) is 14.1. The summed E-state index contributed by atoms with van der Waals surface area (Å²) in [7, 11) is 1.52. The van der Waals surface area contributed by atoms with Crippen molar-refractivity contribution in [3.8, 4) is 11.5 Å². The highest BCUT2D eigenvalue weighted by molar-refractivity contribution is 9.10. The van der Waals surface area contributed by atoms with E-state index in [0.717, 1.165) is 11.1 Å². The number of carboxylic acids is 1. The Labute approximate surface area is 198 Å². The highest BCUT2D eigenvalue weighted by Crippen LogP contribution is 2.38. The van der Waals surface area contributed by atoms with Crippen molar-refractivity contribution in [2.75, 3.05) is 7.11 Å². The van der Waals surface area contributed by atoms with Crippen LogP contribution in [-0.2, 0) is 16.2 Å². The average molecular weight is 508 g/mol. The van der Waals surface area contributed by atoms with Crippen molar-refractivity contribution in [1.29, 1.82) is 0 Å². The van der Waals surface area contributed by atoms with Crippen LogP contribution in [0.25, 0.3) is 6.08 Å². The Balaban J connectivity index is 1.59. The molecular weight excluding hydrogens is 490 g/mol. The monoisotopic (exact) mass is 507 g/mol. The number of oxime groups is 1. The largest absolute Gasteiger partial charge is 0.493 e. The number of carbonyl (C=O) groups is 2. The van der Waals surface area contributed by atoms with Gasteiger partial charge in [0.15, 0.2) is 11.5 Å². The first-order chi connectivity index (χ1) is 16.0. The summed E-state index contributed by atoms with van der Waals surface area (Å²) in [5.41, 5.74) is 3.27. The quantitative estimate of drug-likeness (QED) is 0.354.